The second-order valence-electron chi connectivity index (χ2n) is 8.04. The van der Waals surface area contributed by atoms with Gasteiger partial charge in [-0.05, 0) is 67.0 Å². The zero-order chi connectivity index (χ0) is 24.6. The first-order valence-electron chi connectivity index (χ1n) is 10.1. The van der Waals surface area contributed by atoms with Crippen LogP contribution in [0.15, 0.2) is 58.3 Å². The third-order valence-electron chi connectivity index (χ3n) is 4.02. The van der Waals surface area contributed by atoms with Gasteiger partial charge in [0.1, 0.15) is 12.8 Å². The zero-order valence-corrected chi connectivity index (χ0v) is 19.4. The topological polar surface area (TPSA) is 140 Å². The Labute approximate surface area is 200 Å². The molecule has 0 bridgehead atoms. The molecule has 2 aromatic carbocycles. The van der Waals surface area contributed by atoms with Crippen LogP contribution in [0.5, 0.6) is 0 Å². The standard InChI is InChI=1S/C22H23ClN6O5/c1-22(2,3)26-21(31)32-13-14-7-9-15(10-8-14)20(30)25-19-18(28-34-29-19)12-24-33-27-17-6-4-5-16(23)11-17/h4-12,27H,13H2,1-3H3,(H,26,31)(H,25,29,30)/b24-12+. The number of nitrogens with one attached hydrogen (secondary N) is 3. The van der Waals surface area contributed by atoms with Gasteiger partial charge in [0.15, 0.2) is 5.69 Å². The summed E-state index contributed by atoms with van der Waals surface area (Å²) in [7, 11) is 0. The molecule has 12 heteroatoms. The molecule has 11 nitrogen and oxygen atoms in total. The Bertz CT molecular complexity index is 1160. The lowest BCUT2D eigenvalue weighted by atomic mass is 10.1. The molecule has 0 aliphatic rings. The van der Waals surface area contributed by atoms with E-state index in [-0.39, 0.29) is 18.1 Å². The number of carbonyl (C=O) groups is 2. The number of amides is 2. The summed E-state index contributed by atoms with van der Waals surface area (Å²) in [5.74, 6) is -0.382. The number of nitrogens with zero attached hydrogens (tertiary/aromatic N) is 3. The van der Waals surface area contributed by atoms with E-state index < -0.39 is 17.5 Å². The van der Waals surface area contributed by atoms with E-state index in [1.54, 1.807) is 48.5 Å². The van der Waals surface area contributed by atoms with Gasteiger partial charge >= 0.3 is 6.09 Å². The first-order chi connectivity index (χ1) is 16.2. The van der Waals surface area contributed by atoms with E-state index in [2.05, 4.69) is 36.2 Å². The minimum atomic E-state index is -0.520. The lowest BCUT2D eigenvalue weighted by Crippen LogP contribution is -2.40. The molecule has 0 aliphatic heterocycles. The normalized spacial score (nSPS) is 11.2. The number of alkyl carbamates (subject to hydrolysis) is 1. The highest BCUT2D eigenvalue weighted by Crippen LogP contribution is 2.15. The molecule has 0 saturated heterocycles. The second-order valence-corrected chi connectivity index (χ2v) is 8.47. The summed E-state index contributed by atoms with van der Waals surface area (Å²) in [6.07, 6.45) is 0.695. The lowest BCUT2D eigenvalue weighted by Gasteiger charge is -2.19. The van der Waals surface area contributed by atoms with Crippen LogP contribution in [0, 0.1) is 0 Å². The van der Waals surface area contributed by atoms with Gasteiger partial charge in [0.2, 0.25) is 5.82 Å². The monoisotopic (exact) mass is 486 g/mol. The highest BCUT2D eigenvalue weighted by molar-refractivity contribution is 6.30. The van der Waals surface area contributed by atoms with Gasteiger partial charge in [0.05, 0.1) is 5.69 Å². The van der Waals surface area contributed by atoms with E-state index in [0.29, 0.717) is 16.3 Å². The van der Waals surface area contributed by atoms with Gasteiger partial charge in [-0.2, -0.15) is 5.48 Å². The van der Waals surface area contributed by atoms with Crippen molar-refractivity contribution in [1.29, 1.82) is 0 Å². The van der Waals surface area contributed by atoms with Crippen molar-refractivity contribution in [3.05, 3.63) is 70.4 Å². The van der Waals surface area contributed by atoms with Gasteiger partial charge in [-0.3, -0.25) is 9.73 Å². The van der Waals surface area contributed by atoms with E-state index in [9.17, 15) is 9.59 Å². The number of anilines is 2. The van der Waals surface area contributed by atoms with Crippen LogP contribution in [0.1, 0.15) is 42.4 Å². The third kappa shape index (κ3) is 7.78. The van der Waals surface area contributed by atoms with Crippen LogP contribution in [-0.2, 0) is 16.3 Å². The Morgan fingerprint density at radius 2 is 1.91 bits per heavy atom. The summed E-state index contributed by atoms with van der Waals surface area (Å²) in [6.45, 7) is 5.64. The summed E-state index contributed by atoms with van der Waals surface area (Å²) in [6, 6.07) is 13.4. The van der Waals surface area contributed by atoms with Crippen LogP contribution in [0.25, 0.3) is 0 Å². The summed E-state index contributed by atoms with van der Waals surface area (Å²) >= 11 is 5.89. The molecule has 0 atom stereocenters. The predicted molar refractivity (Wildman–Crippen MR) is 126 cm³/mol. The van der Waals surface area contributed by atoms with Crippen LogP contribution in [-0.4, -0.2) is 34.1 Å². The first kappa shape index (κ1) is 24.5. The van der Waals surface area contributed by atoms with Crippen LogP contribution in [0.4, 0.5) is 16.3 Å². The summed E-state index contributed by atoms with van der Waals surface area (Å²) in [4.78, 5) is 29.2. The van der Waals surface area contributed by atoms with E-state index in [0.717, 1.165) is 5.56 Å². The van der Waals surface area contributed by atoms with Gasteiger partial charge < -0.3 is 15.4 Å². The fraction of sp³-hybridized carbons (Fsp3) is 0.227. The van der Waals surface area contributed by atoms with Crippen molar-refractivity contribution in [2.24, 2.45) is 5.16 Å². The van der Waals surface area contributed by atoms with Crippen molar-refractivity contribution >= 4 is 41.3 Å². The first-order valence-corrected chi connectivity index (χ1v) is 10.5. The molecule has 3 N–H and O–H groups in total. The molecule has 0 saturated carbocycles. The van der Waals surface area contributed by atoms with Crippen molar-refractivity contribution < 1.29 is 23.9 Å². The summed E-state index contributed by atoms with van der Waals surface area (Å²) in [5.41, 5.74) is 4.02. The largest absolute Gasteiger partial charge is 0.445 e. The third-order valence-corrected chi connectivity index (χ3v) is 4.26. The van der Waals surface area contributed by atoms with Gasteiger partial charge in [-0.25, -0.2) is 9.42 Å². The number of halogens is 1. The van der Waals surface area contributed by atoms with Gasteiger partial charge in [-0.15, -0.1) is 0 Å². The zero-order valence-electron chi connectivity index (χ0n) is 18.7. The highest BCUT2D eigenvalue weighted by atomic mass is 35.5. The number of aromatic nitrogens is 2. The average molecular weight is 487 g/mol. The maximum atomic E-state index is 12.5. The molecule has 2 amide bonds. The number of ether oxygens (including phenoxy) is 1. The fourth-order valence-electron chi connectivity index (χ4n) is 2.50. The Morgan fingerprint density at radius 3 is 2.62 bits per heavy atom. The molecule has 0 radical (unpaired) electrons. The molecule has 0 aliphatic carbocycles. The maximum absolute atomic E-state index is 12.5. The van der Waals surface area contributed by atoms with Crippen molar-refractivity contribution in [2.45, 2.75) is 32.9 Å². The molecule has 3 rings (SSSR count). The van der Waals surface area contributed by atoms with E-state index in [1.165, 1.54) is 6.21 Å². The van der Waals surface area contributed by atoms with Gasteiger partial charge in [0.25, 0.3) is 5.91 Å². The van der Waals surface area contributed by atoms with Gasteiger partial charge in [-0.1, -0.05) is 35.0 Å². The lowest BCUT2D eigenvalue weighted by molar-refractivity contribution is 0.102. The molecule has 3 aromatic rings. The number of rotatable bonds is 8. The number of oxime groups is 1. The molecule has 34 heavy (non-hydrogen) atoms. The highest BCUT2D eigenvalue weighted by Gasteiger charge is 2.16. The Morgan fingerprint density at radius 1 is 1.15 bits per heavy atom. The minimum absolute atomic E-state index is 0.0615. The molecule has 1 aromatic heterocycles. The number of hydrogen-bond acceptors (Lipinski definition) is 9. The maximum Gasteiger partial charge on any atom is 0.407 e. The Kier molecular flexibility index (Phi) is 8.04. The van der Waals surface area contributed by atoms with Crippen molar-refractivity contribution in [1.82, 2.24) is 15.6 Å². The molecular formula is C22H23ClN6O5. The van der Waals surface area contributed by atoms with Crippen LogP contribution >= 0.6 is 11.6 Å². The van der Waals surface area contributed by atoms with Gasteiger partial charge in [0, 0.05) is 16.1 Å². The predicted octanol–water partition coefficient (Wildman–Crippen LogP) is 4.38. The number of benzene rings is 2. The number of carbonyl (C=O) groups excluding carboxylic acids is 2. The minimum Gasteiger partial charge on any atom is -0.445 e. The molecular weight excluding hydrogens is 464 g/mol. The second kappa shape index (κ2) is 11.1. The molecule has 0 unspecified atom stereocenters. The summed E-state index contributed by atoms with van der Waals surface area (Å²) < 4.78 is 9.83. The SMILES string of the molecule is CC(C)(C)NC(=O)OCc1ccc(C(=O)Nc2nonc2/C=N/ONc2cccc(Cl)c2)cc1. The smallest absolute Gasteiger partial charge is 0.407 e. The van der Waals surface area contributed by atoms with Crippen LogP contribution < -0.4 is 16.1 Å². The van der Waals surface area contributed by atoms with Crippen molar-refractivity contribution in [3.8, 4) is 0 Å². The molecule has 0 fully saturated rings. The van der Waals surface area contributed by atoms with Crippen molar-refractivity contribution in [2.75, 3.05) is 10.8 Å². The Balaban J connectivity index is 1.51. The van der Waals surface area contributed by atoms with E-state index in [1.807, 2.05) is 20.8 Å². The van der Waals surface area contributed by atoms with E-state index in [4.69, 9.17) is 21.3 Å². The summed E-state index contributed by atoms with van der Waals surface area (Å²) in [5, 5.41) is 16.9. The fourth-order valence-corrected chi connectivity index (χ4v) is 2.69. The number of hydrogen-bond donors (Lipinski definition) is 3. The molecule has 178 valence electrons. The quantitative estimate of drug-likeness (QED) is 0.315. The van der Waals surface area contributed by atoms with E-state index >= 15 is 0 Å². The molecule has 0 spiro atoms. The van der Waals surface area contributed by atoms with Crippen LogP contribution in [0.3, 0.4) is 0 Å². The molecule has 1 heterocycles. The van der Waals surface area contributed by atoms with Crippen LogP contribution in [0.2, 0.25) is 5.02 Å². The Hall–Kier alpha value is -4.12. The average Bonchev–Trinajstić information content (AvgIpc) is 3.21. The van der Waals surface area contributed by atoms with Crippen molar-refractivity contribution in [3.63, 3.8) is 0 Å².